The molecule has 5 aromatic carbocycles. The van der Waals surface area contributed by atoms with Crippen LogP contribution in [0.4, 0.5) is 17.1 Å². The van der Waals surface area contributed by atoms with Crippen LogP contribution in [0.2, 0.25) is 0 Å². The normalized spacial score (nSPS) is 24.6. The second-order valence-corrected chi connectivity index (χ2v) is 24.8. The fourth-order valence-electron chi connectivity index (χ4n) is 14.4. The quantitative estimate of drug-likeness (QED) is 0.0217. The number of amides is 8. The van der Waals surface area contributed by atoms with Crippen molar-refractivity contribution in [1.29, 1.82) is 0 Å². The number of carbonyl (C=O) groups is 11. The van der Waals surface area contributed by atoms with Gasteiger partial charge in [-0.25, -0.2) is 24.3 Å². The Balaban J connectivity index is 0.669. The van der Waals surface area contributed by atoms with E-state index in [4.69, 9.17) is 23.7 Å². The molecule has 20 nitrogen and oxygen atoms in total. The average Bonchev–Trinajstić information content (AvgIpc) is 1.53. The highest BCUT2D eigenvalue weighted by Gasteiger charge is 2.75. The summed E-state index contributed by atoms with van der Waals surface area (Å²) in [5.41, 5.74) is 2.33. The van der Waals surface area contributed by atoms with Gasteiger partial charge in [0.25, 0.3) is 0 Å². The molecule has 4 aliphatic heterocycles. The Morgan fingerprint density at radius 2 is 0.824 bits per heavy atom. The molecule has 12 rings (SSSR count). The predicted octanol–water partition coefficient (Wildman–Crippen LogP) is 9.16. The van der Waals surface area contributed by atoms with E-state index in [1.807, 2.05) is 18.2 Å². The Morgan fingerprint density at radius 1 is 0.418 bits per heavy atom. The van der Waals surface area contributed by atoms with Crippen molar-refractivity contribution in [1.82, 2.24) is 4.90 Å². The molecule has 5 aromatic rings. The molecule has 0 aromatic heterocycles. The monoisotopic (exact) mass is 1240 g/mol. The summed E-state index contributed by atoms with van der Waals surface area (Å²) in [5, 5.41) is 0. The molecule has 472 valence electrons. The molecular weight excluding hydrogens is 1160 g/mol. The van der Waals surface area contributed by atoms with Crippen molar-refractivity contribution in [2.45, 2.75) is 103 Å². The molecule has 3 aliphatic carbocycles. The van der Waals surface area contributed by atoms with Gasteiger partial charge in [-0.05, 0) is 155 Å². The summed E-state index contributed by atoms with van der Waals surface area (Å²) in [7, 11) is 1.29. The first-order valence-electron chi connectivity index (χ1n) is 31.8. The van der Waals surface area contributed by atoms with Crippen molar-refractivity contribution in [2.24, 2.45) is 47.3 Å². The maximum absolute atomic E-state index is 14.6. The van der Waals surface area contributed by atoms with Crippen LogP contribution < -0.4 is 24.2 Å². The number of esters is 2. The minimum absolute atomic E-state index is 0.0354. The number of unbranched alkanes of at least 4 members (excludes halogenated alkanes) is 5. The van der Waals surface area contributed by atoms with E-state index < -0.39 is 107 Å². The van der Waals surface area contributed by atoms with Crippen LogP contribution >= 0.6 is 0 Å². The zero-order chi connectivity index (χ0) is 63.8. The third-order valence-corrected chi connectivity index (χ3v) is 19.2. The summed E-state index contributed by atoms with van der Waals surface area (Å²) < 4.78 is 29.3. The molecule has 0 radical (unpaired) electrons. The van der Waals surface area contributed by atoms with Gasteiger partial charge in [0.1, 0.15) is 11.5 Å². The van der Waals surface area contributed by atoms with Gasteiger partial charge in [-0.2, -0.15) is 0 Å². The van der Waals surface area contributed by atoms with E-state index in [1.165, 1.54) is 62.2 Å². The fraction of sp³-hybridized carbons (Fsp3) is 0.423. The highest BCUT2D eigenvalue weighted by atomic mass is 16.5. The number of ether oxygens (including phenoxy) is 5. The number of benzene rings is 5. The van der Waals surface area contributed by atoms with Crippen LogP contribution in [0.3, 0.4) is 0 Å². The van der Waals surface area contributed by atoms with Crippen LogP contribution in [0.5, 0.6) is 11.5 Å². The van der Waals surface area contributed by atoms with Gasteiger partial charge < -0.3 is 23.7 Å². The summed E-state index contributed by atoms with van der Waals surface area (Å²) in [6.07, 6.45) is 11.2. The summed E-state index contributed by atoms with van der Waals surface area (Å²) in [6, 6.07) is 31.9. The Morgan fingerprint density at radius 3 is 1.30 bits per heavy atom. The van der Waals surface area contributed by atoms with Gasteiger partial charge in [-0.15, -0.1) is 0 Å². The number of likely N-dealkylation sites (tertiary alicyclic amines) is 1. The largest absolute Gasteiger partial charge is 0.494 e. The molecule has 0 spiro atoms. The predicted molar refractivity (Wildman–Crippen MR) is 329 cm³/mol. The molecule has 8 unspecified atom stereocenters. The van der Waals surface area contributed by atoms with Crippen molar-refractivity contribution in [3.05, 3.63) is 149 Å². The smallest absolute Gasteiger partial charge is 0.338 e. The lowest BCUT2D eigenvalue weighted by Gasteiger charge is -2.36. The van der Waals surface area contributed by atoms with E-state index in [2.05, 4.69) is 19.1 Å². The van der Waals surface area contributed by atoms with Gasteiger partial charge in [-0.1, -0.05) is 68.7 Å². The Bertz CT molecular complexity index is 3650. The van der Waals surface area contributed by atoms with Gasteiger partial charge in [0, 0.05) is 24.8 Å². The first-order chi connectivity index (χ1) is 44.0. The molecule has 0 N–H and O–H groups in total. The van der Waals surface area contributed by atoms with Gasteiger partial charge in [0.2, 0.25) is 47.3 Å². The van der Waals surface area contributed by atoms with Crippen LogP contribution in [0.15, 0.2) is 115 Å². The highest BCUT2D eigenvalue weighted by Crippen LogP contribution is 2.59. The average molecular weight is 1240 g/mol. The molecule has 7 aliphatic rings. The molecule has 8 atom stereocenters. The third kappa shape index (κ3) is 11.9. The maximum Gasteiger partial charge on any atom is 0.338 e. The van der Waals surface area contributed by atoms with Crippen LogP contribution in [0, 0.1) is 54.3 Å². The van der Waals surface area contributed by atoms with Crippen molar-refractivity contribution >= 4 is 82.0 Å². The maximum atomic E-state index is 14.6. The SMILES string of the molecule is CCCCCCOC1CCC(c2ccc(OCCCCOC(=O)c3cc(N4C(=O)C5C6C(=O)N(C)C(=O)C6C5C4=O)cc(N4C(=O)C5C6C(=O)N(c7cc(C)cc(C(=O)OCCCCOc8ccc(C(=O)c9ccccc9)cc8)c7)C(=O)C6C5C4=O)c3)cc2)CC1. The van der Waals surface area contributed by atoms with E-state index in [0.29, 0.717) is 79.1 Å². The molecule has 7 fully saturated rings. The van der Waals surface area contributed by atoms with E-state index in [9.17, 15) is 52.7 Å². The lowest BCUT2D eigenvalue weighted by molar-refractivity contribution is -0.146. The zero-order valence-electron chi connectivity index (χ0n) is 51.1. The van der Waals surface area contributed by atoms with Gasteiger partial charge in [-0.3, -0.25) is 48.1 Å². The first-order valence-corrected chi connectivity index (χ1v) is 31.8. The zero-order valence-corrected chi connectivity index (χ0v) is 51.1. The number of hydrogen-bond donors (Lipinski definition) is 0. The molecular formula is C71H72N4O16. The molecule has 20 heteroatoms. The molecule has 8 amide bonds. The number of anilines is 3. The van der Waals surface area contributed by atoms with Gasteiger partial charge in [0.05, 0.1) is 108 Å². The number of hydrogen-bond acceptors (Lipinski definition) is 16. The number of fused-ring (bicyclic) bond motifs is 8. The van der Waals surface area contributed by atoms with E-state index in [1.54, 1.807) is 61.5 Å². The Kier molecular flexibility index (Phi) is 18.0. The topological polar surface area (TPSA) is 247 Å². The summed E-state index contributed by atoms with van der Waals surface area (Å²) in [5.74, 6) is -15.5. The summed E-state index contributed by atoms with van der Waals surface area (Å²) in [4.78, 5) is 156. The molecule has 4 saturated heterocycles. The summed E-state index contributed by atoms with van der Waals surface area (Å²) >= 11 is 0. The second-order valence-electron chi connectivity index (χ2n) is 24.8. The third-order valence-electron chi connectivity index (χ3n) is 19.2. The van der Waals surface area contributed by atoms with Crippen molar-refractivity contribution in [3.63, 3.8) is 0 Å². The lowest BCUT2D eigenvalue weighted by atomic mass is 9.59. The minimum Gasteiger partial charge on any atom is -0.494 e. The lowest BCUT2D eigenvalue weighted by Crippen LogP contribution is -2.50. The molecule has 0 bridgehead atoms. The van der Waals surface area contributed by atoms with Crippen molar-refractivity contribution < 1.29 is 76.4 Å². The standard InChI is InChI=1S/C71H72N4O16/c1-4-5-6-10-29-87-50-23-17-41(18-24-50)42-19-25-51(26-20-42)88-30-12-14-33-91-71(86)46-37-48(74-64(79)55-53-54(56(55)65(74)80)63(78)72(3)62(53)77)39-49(38-46)75-68(83)59-57-58(60(59)69(75)84)67(82)73(66(57)81)47-35-40(2)34-45(36-47)70(85)90-32-13-11-31-89-52-27-21-44(22-28-52)61(76)43-15-8-7-9-16-43/h7-9,15-16,19-22,25-28,34-39,41,50,53-60H,4-6,10-14,17-18,23-24,29-33H2,1-3H3. The number of rotatable bonds is 26. The number of aryl methyl sites for hydroxylation is 1. The van der Waals surface area contributed by atoms with Crippen LogP contribution in [-0.2, 0) is 52.6 Å². The van der Waals surface area contributed by atoms with E-state index in [0.717, 1.165) is 58.3 Å². The number of carbonyl (C=O) groups excluding carboxylic acids is 11. The number of nitrogens with zero attached hydrogens (tertiary/aromatic N) is 4. The van der Waals surface area contributed by atoms with Crippen LogP contribution in [0.25, 0.3) is 0 Å². The van der Waals surface area contributed by atoms with Gasteiger partial charge in [0.15, 0.2) is 5.78 Å². The van der Waals surface area contributed by atoms with Crippen LogP contribution in [0.1, 0.15) is 138 Å². The van der Waals surface area contributed by atoms with E-state index in [-0.39, 0.29) is 47.2 Å². The minimum atomic E-state index is -1.30. The van der Waals surface area contributed by atoms with Gasteiger partial charge >= 0.3 is 11.9 Å². The number of imide groups is 4. The summed E-state index contributed by atoms with van der Waals surface area (Å²) in [6.45, 7) is 5.31. The van der Waals surface area contributed by atoms with Crippen molar-refractivity contribution in [2.75, 3.05) is 54.8 Å². The molecule has 4 heterocycles. The molecule has 3 saturated carbocycles. The Hall–Kier alpha value is -9.17. The van der Waals surface area contributed by atoms with E-state index >= 15 is 0 Å². The second kappa shape index (κ2) is 26.3. The Labute approximate surface area is 526 Å². The molecule has 91 heavy (non-hydrogen) atoms. The van der Waals surface area contributed by atoms with Crippen molar-refractivity contribution in [3.8, 4) is 11.5 Å². The van der Waals surface area contributed by atoms with Crippen LogP contribution in [-0.4, -0.2) is 116 Å². The fourth-order valence-corrected chi connectivity index (χ4v) is 14.4. The highest BCUT2D eigenvalue weighted by molar-refractivity contribution is 6.33. The first kappa shape index (κ1) is 62.0. The number of ketones is 1.